The summed E-state index contributed by atoms with van der Waals surface area (Å²) in [6.45, 7) is 2.29. The summed E-state index contributed by atoms with van der Waals surface area (Å²) >= 11 is 5.81. The monoisotopic (exact) mass is 510 g/mol. The van der Waals surface area contributed by atoms with Crippen LogP contribution in [0.5, 0.6) is 0 Å². The van der Waals surface area contributed by atoms with Gasteiger partial charge < -0.3 is 15.2 Å². The molecule has 3 aromatic rings. The van der Waals surface area contributed by atoms with Crippen molar-refractivity contribution in [3.63, 3.8) is 0 Å². The first-order valence-corrected chi connectivity index (χ1v) is 9.19. The first-order chi connectivity index (χ1) is 13.2. The molecule has 1 aromatic carbocycles. The number of pyridine rings is 1. The molecule has 0 radical (unpaired) electrons. The van der Waals surface area contributed by atoms with E-state index in [1.54, 1.807) is 25.5 Å². The Morgan fingerprint density at radius 1 is 1.14 bits per heavy atom. The van der Waals surface area contributed by atoms with E-state index in [0.29, 0.717) is 11.7 Å². The second-order valence-corrected chi connectivity index (χ2v) is 6.53. The summed E-state index contributed by atoms with van der Waals surface area (Å²) in [7, 11) is 1.77. The number of aliphatic imine (C=N–C) groups is 1. The lowest BCUT2D eigenvalue weighted by Crippen LogP contribution is -2.37. The minimum absolute atomic E-state index is 0. The number of guanidine groups is 1. The van der Waals surface area contributed by atoms with Gasteiger partial charge in [0.05, 0.1) is 6.33 Å². The van der Waals surface area contributed by atoms with Crippen LogP contribution in [0.3, 0.4) is 0 Å². The van der Waals surface area contributed by atoms with Gasteiger partial charge in [0.25, 0.3) is 0 Å². The molecule has 148 valence electrons. The molecule has 0 spiro atoms. The van der Waals surface area contributed by atoms with Gasteiger partial charge in [-0.1, -0.05) is 41.9 Å². The van der Waals surface area contributed by atoms with E-state index in [4.69, 9.17) is 11.6 Å². The average molecular weight is 511 g/mol. The zero-order valence-corrected chi connectivity index (χ0v) is 18.8. The van der Waals surface area contributed by atoms with E-state index in [1.165, 1.54) is 11.1 Å². The van der Waals surface area contributed by atoms with E-state index in [-0.39, 0.29) is 24.0 Å². The van der Waals surface area contributed by atoms with Gasteiger partial charge in [0.2, 0.25) is 0 Å². The Bertz CT molecular complexity index is 865. The van der Waals surface area contributed by atoms with Gasteiger partial charge in [-0.15, -0.1) is 24.0 Å². The van der Waals surface area contributed by atoms with E-state index in [1.807, 2.05) is 18.6 Å². The highest BCUT2D eigenvalue weighted by Gasteiger charge is 2.01. The van der Waals surface area contributed by atoms with Crippen molar-refractivity contribution in [3.8, 4) is 0 Å². The van der Waals surface area contributed by atoms with Crippen molar-refractivity contribution in [2.75, 3.05) is 13.6 Å². The fourth-order valence-corrected chi connectivity index (χ4v) is 2.83. The van der Waals surface area contributed by atoms with Crippen LogP contribution in [0.1, 0.15) is 16.7 Å². The van der Waals surface area contributed by atoms with Gasteiger partial charge in [0, 0.05) is 45.3 Å². The first kappa shape index (κ1) is 22.2. The third-order valence-electron chi connectivity index (χ3n) is 4.09. The molecule has 2 heterocycles. The van der Waals surface area contributed by atoms with Crippen LogP contribution < -0.4 is 10.6 Å². The molecule has 3 rings (SSSR count). The van der Waals surface area contributed by atoms with E-state index >= 15 is 0 Å². The number of nitrogens with zero attached hydrogens (tertiary/aromatic N) is 4. The van der Waals surface area contributed by atoms with Gasteiger partial charge in [-0.25, -0.2) is 9.97 Å². The van der Waals surface area contributed by atoms with Crippen LogP contribution in [0.25, 0.3) is 0 Å². The van der Waals surface area contributed by atoms with Crippen LogP contribution in [0.4, 0.5) is 0 Å². The summed E-state index contributed by atoms with van der Waals surface area (Å²) < 4.78 is 2.05. The SMILES string of the molecule is CN=C(NCCc1ccc(Cl)nc1)NCc1cccc(Cn2ccnc2)c1.I. The first-order valence-electron chi connectivity index (χ1n) is 8.81. The molecule has 0 atom stereocenters. The maximum absolute atomic E-state index is 5.81. The number of benzene rings is 1. The van der Waals surface area contributed by atoms with Gasteiger partial charge in [0.1, 0.15) is 5.15 Å². The molecule has 0 amide bonds. The fourth-order valence-electron chi connectivity index (χ4n) is 2.72. The number of hydrogen-bond acceptors (Lipinski definition) is 3. The lowest BCUT2D eigenvalue weighted by Gasteiger charge is -2.13. The molecule has 28 heavy (non-hydrogen) atoms. The summed E-state index contributed by atoms with van der Waals surface area (Å²) in [5, 5.41) is 7.18. The smallest absolute Gasteiger partial charge is 0.191 e. The second-order valence-electron chi connectivity index (χ2n) is 6.15. The quantitative estimate of drug-likeness (QED) is 0.221. The van der Waals surface area contributed by atoms with E-state index in [9.17, 15) is 0 Å². The van der Waals surface area contributed by atoms with Crippen molar-refractivity contribution in [2.24, 2.45) is 4.99 Å². The highest BCUT2D eigenvalue weighted by Crippen LogP contribution is 2.07. The molecule has 0 unspecified atom stereocenters. The Kier molecular flexibility index (Phi) is 9.22. The number of imidazole rings is 1. The van der Waals surface area contributed by atoms with Gasteiger partial charge in [-0.3, -0.25) is 4.99 Å². The lowest BCUT2D eigenvalue weighted by molar-refractivity contribution is 0.782. The zero-order chi connectivity index (χ0) is 18.9. The molecule has 0 aliphatic carbocycles. The van der Waals surface area contributed by atoms with Gasteiger partial charge >= 0.3 is 0 Å². The molecular formula is C20H24ClIN6. The number of aromatic nitrogens is 3. The summed E-state index contributed by atoms with van der Waals surface area (Å²) in [5.41, 5.74) is 3.58. The summed E-state index contributed by atoms with van der Waals surface area (Å²) in [6, 6.07) is 12.3. The molecule has 6 nitrogen and oxygen atoms in total. The molecule has 0 saturated carbocycles. The van der Waals surface area contributed by atoms with E-state index < -0.39 is 0 Å². The standard InChI is InChI=1S/C20H23ClN6.HI/c1-22-20(24-8-7-16-5-6-19(21)25-12-16)26-13-17-3-2-4-18(11-17)14-27-10-9-23-15-27;/h2-6,9-12,15H,7-8,13-14H2,1H3,(H2,22,24,26);1H. The second kappa shape index (κ2) is 11.7. The highest BCUT2D eigenvalue weighted by atomic mass is 127. The topological polar surface area (TPSA) is 67.1 Å². The van der Waals surface area contributed by atoms with Crippen molar-refractivity contribution in [2.45, 2.75) is 19.5 Å². The van der Waals surface area contributed by atoms with Crippen LogP contribution in [-0.2, 0) is 19.5 Å². The third kappa shape index (κ3) is 7.12. The minimum Gasteiger partial charge on any atom is -0.356 e. The molecule has 0 aliphatic heterocycles. The Hall–Kier alpha value is -2.13. The minimum atomic E-state index is 0. The number of rotatable bonds is 7. The van der Waals surface area contributed by atoms with Crippen LogP contribution in [0.2, 0.25) is 5.15 Å². The van der Waals surface area contributed by atoms with E-state index in [2.05, 4.69) is 54.4 Å². The lowest BCUT2D eigenvalue weighted by atomic mass is 10.1. The number of nitrogens with one attached hydrogen (secondary N) is 2. The molecule has 2 N–H and O–H groups in total. The van der Waals surface area contributed by atoms with Crippen molar-refractivity contribution < 1.29 is 0 Å². The Labute approximate surface area is 187 Å². The van der Waals surface area contributed by atoms with Crippen LogP contribution in [0.15, 0.2) is 66.3 Å². The summed E-state index contributed by atoms with van der Waals surface area (Å²) in [5.74, 6) is 0.775. The van der Waals surface area contributed by atoms with Crippen molar-refractivity contribution in [3.05, 3.63) is 83.2 Å². The molecule has 0 bridgehead atoms. The van der Waals surface area contributed by atoms with E-state index in [0.717, 1.165) is 31.0 Å². The predicted octanol–water partition coefficient (Wildman–Crippen LogP) is 3.51. The third-order valence-corrected chi connectivity index (χ3v) is 4.32. The van der Waals surface area contributed by atoms with Crippen LogP contribution in [-0.4, -0.2) is 34.1 Å². The summed E-state index contributed by atoms with van der Waals surface area (Å²) in [4.78, 5) is 12.5. The maximum Gasteiger partial charge on any atom is 0.191 e. The van der Waals surface area contributed by atoms with Crippen molar-refractivity contribution >= 4 is 41.5 Å². The molecule has 0 fully saturated rings. The Morgan fingerprint density at radius 3 is 2.71 bits per heavy atom. The maximum atomic E-state index is 5.81. The van der Waals surface area contributed by atoms with Gasteiger partial charge in [-0.05, 0) is 29.2 Å². The predicted molar refractivity (Wildman–Crippen MR) is 124 cm³/mol. The fraction of sp³-hybridized carbons (Fsp3) is 0.250. The van der Waals surface area contributed by atoms with Crippen molar-refractivity contribution in [1.29, 1.82) is 0 Å². The van der Waals surface area contributed by atoms with Crippen molar-refractivity contribution in [1.82, 2.24) is 25.2 Å². The molecule has 0 saturated heterocycles. The van der Waals surface area contributed by atoms with Crippen LogP contribution in [0, 0.1) is 0 Å². The highest BCUT2D eigenvalue weighted by molar-refractivity contribution is 14.0. The normalized spacial score (nSPS) is 11.0. The number of halogens is 2. The number of hydrogen-bond donors (Lipinski definition) is 2. The van der Waals surface area contributed by atoms with Crippen LogP contribution >= 0.6 is 35.6 Å². The molecule has 8 heteroatoms. The average Bonchev–Trinajstić information content (AvgIpc) is 3.19. The zero-order valence-electron chi connectivity index (χ0n) is 15.7. The summed E-state index contributed by atoms with van der Waals surface area (Å²) in [6.07, 6.45) is 8.23. The Balaban J connectivity index is 0.00000280. The van der Waals surface area contributed by atoms with Gasteiger partial charge in [-0.2, -0.15) is 0 Å². The van der Waals surface area contributed by atoms with Gasteiger partial charge in [0.15, 0.2) is 5.96 Å². The molecule has 2 aromatic heterocycles. The Morgan fingerprint density at radius 2 is 2.00 bits per heavy atom. The molecular weight excluding hydrogens is 487 g/mol. The molecule has 0 aliphatic rings. The largest absolute Gasteiger partial charge is 0.356 e.